The summed E-state index contributed by atoms with van der Waals surface area (Å²) < 4.78 is 0.652. The first-order valence-electron chi connectivity index (χ1n) is 12.6. The van der Waals surface area contributed by atoms with Gasteiger partial charge in [-0.25, -0.2) is 9.97 Å². The van der Waals surface area contributed by atoms with Gasteiger partial charge in [0.1, 0.15) is 20.9 Å². The summed E-state index contributed by atoms with van der Waals surface area (Å²) in [5, 5.41) is 2.47. The number of fused-ring (bicyclic) bond motifs is 2. The van der Waals surface area contributed by atoms with Crippen LogP contribution in [0.25, 0.3) is 53.9 Å². The van der Waals surface area contributed by atoms with Crippen LogP contribution in [0.3, 0.4) is 0 Å². The molecule has 0 aliphatic rings. The van der Waals surface area contributed by atoms with Crippen LogP contribution in [0.15, 0.2) is 106 Å². The zero-order valence-electron chi connectivity index (χ0n) is 21.7. The van der Waals surface area contributed by atoms with E-state index in [9.17, 15) is 9.59 Å². The number of pyridine rings is 2. The lowest BCUT2D eigenvalue weighted by Gasteiger charge is -1.98. The van der Waals surface area contributed by atoms with Crippen LogP contribution in [-0.4, -0.2) is 29.9 Å². The average molecular weight is 569 g/mol. The molecular weight excluding hydrogens is 541 g/mol. The fourth-order valence-electron chi connectivity index (χ4n) is 3.80. The summed E-state index contributed by atoms with van der Waals surface area (Å²) in [4.78, 5) is 48.6. The first kappa shape index (κ1) is 26.8. The molecule has 0 radical (unpaired) electrons. The van der Waals surface area contributed by atoms with Gasteiger partial charge in [-0.05, 0) is 47.3 Å². The van der Waals surface area contributed by atoms with Crippen LogP contribution < -0.4 is 11.1 Å². The van der Waals surface area contributed by atoms with E-state index < -0.39 is 0 Å². The molecule has 0 fully saturated rings. The number of H-pyrrole nitrogens is 2. The van der Waals surface area contributed by atoms with Gasteiger partial charge >= 0.3 is 0 Å². The first-order valence-corrected chi connectivity index (χ1v) is 14.2. The van der Waals surface area contributed by atoms with Gasteiger partial charge in [-0.3, -0.25) is 19.6 Å². The van der Waals surface area contributed by atoms with Crippen molar-refractivity contribution in [1.29, 1.82) is 0 Å². The molecule has 0 amide bonds. The summed E-state index contributed by atoms with van der Waals surface area (Å²) in [7, 11) is 0. The maximum atomic E-state index is 12.3. The summed E-state index contributed by atoms with van der Waals surface area (Å²) in [5.74, 6) is 1.01. The van der Waals surface area contributed by atoms with Gasteiger partial charge in [-0.1, -0.05) is 56.3 Å². The lowest BCUT2D eigenvalue weighted by atomic mass is 10.2. The van der Waals surface area contributed by atoms with Crippen LogP contribution in [0, 0.1) is 0 Å². The lowest BCUT2D eigenvalue weighted by Crippen LogP contribution is -2.08. The largest absolute Gasteiger partial charge is 0.305 e. The molecule has 40 heavy (non-hydrogen) atoms. The van der Waals surface area contributed by atoms with E-state index in [2.05, 4.69) is 29.9 Å². The van der Waals surface area contributed by atoms with Crippen molar-refractivity contribution in [3.05, 3.63) is 117 Å². The number of aromatic nitrogens is 6. The molecule has 7 aromatic rings. The highest BCUT2D eigenvalue weighted by atomic mass is 32.1. The van der Waals surface area contributed by atoms with Crippen molar-refractivity contribution in [1.82, 2.24) is 29.9 Å². The molecule has 6 aromatic heterocycles. The molecule has 0 aliphatic carbocycles. The lowest BCUT2D eigenvalue weighted by molar-refractivity contribution is 1.15. The van der Waals surface area contributed by atoms with E-state index in [0.29, 0.717) is 33.1 Å². The third kappa shape index (κ3) is 5.78. The molecule has 6 heterocycles. The number of nitrogens with one attached hydrogen (secondary N) is 2. The zero-order chi connectivity index (χ0) is 27.9. The number of rotatable bonds is 3. The first-order chi connectivity index (χ1) is 19.7. The van der Waals surface area contributed by atoms with Crippen LogP contribution in [0.5, 0.6) is 0 Å². The van der Waals surface area contributed by atoms with Gasteiger partial charge < -0.3 is 9.97 Å². The van der Waals surface area contributed by atoms with Crippen molar-refractivity contribution in [2.24, 2.45) is 0 Å². The topological polar surface area (TPSA) is 117 Å². The smallest absolute Gasteiger partial charge is 0.269 e. The van der Waals surface area contributed by atoms with E-state index in [1.807, 2.05) is 98.1 Å². The monoisotopic (exact) mass is 568 g/mol. The number of hydrogen-bond acceptors (Lipinski definition) is 8. The quantitative estimate of drug-likeness (QED) is 0.231. The van der Waals surface area contributed by atoms with E-state index in [1.165, 1.54) is 22.7 Å². The minimum Gasteiger partial charge on any atom is -0.305 e. The van der Waals surface area contributed by atoms with Crippen LogP contribution in [0.4, 0.5) is 0 Å². The van der Waals surface area contributed by atoms with Crippen LogP contribution >= 0.6 is 22.7 Å². The highest BCUT2D eigenvalue weighted by molar-refractivity contribution is 7.21. The van der Waals surface area contributed by atoms with Crippen molar-refractivity contribution in [2.75, 3.05) is 0 Å². The van der Waals surface area contributed by atoms with Crippen LogP contribution in [0.1, 0.15) is 16.7 Å². The summed E-state index contributed by atoms with van der Waals surface area (Å²) in [5.41, 5.74) is 2.90. The fourth-order valence-corrected chi connectivity index (χ4v) is 5.56. The molecule has 0 unspecified atom stereocenters. The molecular formula is C30H28N6O2S2. The Hall–Kier alpha value is -4.80. The predicted octanol–water partition coefficient (Wildman–Crippen LogP) is 7.28. The molecule has 7 rings (SSSR count). The Kier molecular flexibility index (Phi) is 8.29. The highest BCUT2D eigenvalue weighted by Gasteiger charge is 2.11. The fraction of sp³-hybridized carbons (Fsp3) is 0.0667. The number of nitrogens with zero attached hydrogens (tertiary/aromatic N) is 4. The average Bonchev–Trinajstić information content (AvgIpc) is 3.68. The Bertz CT molecular complexity index is 1980. The minimum absolute atomic E-state index is 0. The molecule has 0 saturated carbocycles. The number of hydrogen-bond donors (Lipinski definition) is 2. The van der Waals surface area contributed by atoms with Gasteiger partial charge in [0.05, 0.1) is 10.9 Å². The molecule has 202 valence electrons. The molecule has 10 heteroatoms. The minimum atomic E-state index is -0.135. The van der Waals surface area contributed by atoms with Crippen LogP contribution in [-0.2, 0) is 0 Å². The van der Waals surface area contributed by atoms with E-state index in [-0.39, 0.29) is 14.0 Å². The molecule has 0 atom stereocenters. The Morgan fingerprint density at radius 1 is 0.725 bits per heavy atom. The number of thiophene rings is 2. The number of aromatic amines is 2. The second-order valence-electron chi connectivity index (χ2n) is 8.09. The molecule has 0 bridgehead atoms. The summed E-state index contributed by atoms with van der Waals surface area (Å²) >= 11 is 2.91. The standard InChI is InChI=1S/C17H11N3OS.C11H7N3OS.C2H6.2H2/c21-16-12-10-14(11-6-2-1-3-7-11)22-17(12)20-15(19-16)13-8-4-5-9-18-13;15-11-9-7(4-6-16-9)13-10(14-11)8-3-1-2-5-12-8;1-2;;/h1-10H,(H,19,20,21);1-6H,(H,13,14,15);1-2H3;2*1H. The molecule has 0 spiro atoms. The summed E-state index contributed by atoms with van der Waals surface area (Å²) in [6, 6.07) is 24.8. The molecule has 0 saturated heterocycles. The van der Waals surface area contributed by atoms with Gasteiger partial charge in [0, 0.05) is 20.1 Å². The third-order valence-corrected chi connectivity index (χ3v) is 7.57. The Balaban J connectivity index is 0.000000216. The normalized spacial score (nSPS) is 10.4. The Labute approximate surface area is 240 Å². The maximum absolute atomic E-state index is 12.3. The predicted molar refractivity (Wildman–Crippen MR) is 168 cm³/mol. The Morgan fingerprint density at radius 2 is 1.35 bits per heavy atom. The molecule has 0 aliphatic heterocycles. The second-order valence-corrected chi connectivity index (χ2v) is 10.0. The van der Waals surface area contributed by atoms with Gasteiger partial charge in [0.25, 0.3) is 11.1 Å². The maximum Gasteiger partial charge on any atom is 0.269 e. The summed E-state index contributed by atoms with van der Waals surface area (Å²) in [6.07, 6.45) is 3.36. The van der Waals surface area contributed by atoms with Gasteiger partial charge in [0.15, 0.2) is 11.6 Å². The van der Waals surface area contributed by atoms with Crippen LogP contribution in [0.2, 0.25) is 0 Å². The van der Waals surface area contributed by atoms with Crippen molar-refractivity contribution < 1.29 is 2.85 Å². The zero-order valence-corrected chi connectivity index (χ0v) is 23.3. The van der Waals surface area contributed by atoms with E-state index >= 15 is 0 Å². The van der Waals surface area contributed by atoms with E-state index in [4.69, 9.17) is 0 Å². The van der Waals surface area contributed by atoms with Gasteiger partial charge in [-0.15, -0.1) is 22.7 Å². The highest BCUT2D eigenvalue weighted by Crippen LogP contribution is 2.31. The molecule has 8 nitrogen and oxygen atoms in total. The van der Waals surface area contributed by atoms with Crippen molar-refractivity contribution in [2.45, 2.75) is 13.8 Å². The third-order valence-electron chi connectivity index (χ3n) is 5.59. The van der Waals surface area contributed by atoms with Crippen molar-refractivity contribution in [3.63, 3.8) is 0 Å². The molecule has 2 N–H and O–H groups in total. The molecule has 1 aromatic carbocycles. The van der Waals surface area contributed by atoms with E-state index in [0.717, 1.165) is 20.8 Å². The SMILES string of the molecule is CC.O=c1[nH]c(-c2ccccn2)nc2ccsc12.O=c1[nH]c(-c2ccccn2)nc2sc(-c3ccccc3)cc12.[HH].[HH]. The van der Waals surface area contributed by atoms with E-state index in [1.54, 1.807) is 12.4 Å². The van der Waals surface area contributed by atoms with Gasteiger partial charge in [0.2, 0.25) is 0 Å². The second kappa shape index (κ2) is 12.4. The van der Waals surface area contributed by atoms with Crippen molar-refractivity contribution in [3.8, 4) is 33.5 Å². The summed E-state index contributed by atoms with van der Waals surface area (Å²) in [6.45, 7) is 4.00. The van der Waals surface area contributed by atoms with Gasteiger partial charge in [-0.2, -0.15) is 0 Å². The Morgan fingerprint density at radius 3 is 2.00 bits per heavy atom. The van der Waals surface area contributed by atoms with Crippen molar-refractivity contribution >= 4 is 43.1 Å². The number of benzene rings is 1.